The second-order valence-corrected chi connectivity index (χ2v) is 6.25. The van der Waals surface area contributed by atoms with E-state index in [1.807, 2.05) is 7.05 Å². The first kappa shape index (κ1) is 16.6. The Morgan fingerprint density at radius 1 is 1.00 bits per heavy atom. The van der Waals surface area contributed by atoms with Crippen LogP contribution in [0.5, 0.6) is 0 Å². The molecule has 0 aliphatic rings. The number of hydrogen-bond acceptors (Lipinski definition) is 4. The fourth-order valence-electron chi connectivity index (χ4n) is 2.24. The number of unbranched alkanes of at least 4 members (excludes halogenated alkanes) is 6. The third kappa shape index (κ3) is 6.48. The maximum atomic E-state index is 4.31. The van der Waals surface area contributed by atoms with Gasteiger partial charge in [-0.1, -0.05) is 63.7 Å². The van der Waals surface area contributed by atoms with E-state index < -0.39 is 0 Å². The Kier molecular flexibility index (Phi) is 9.01. The maximum Gasteiger partial charge on any atom is 0.134 e. The van der Waals surface area contributed by atoms with Crippen molar-refractivity contribution in [3.8, 4) is 0 Å². The molecule has 1 unspecified atom stereocenters. The first-order valence-corrected chi connectivity index (χ1v) is 8.63. The molecule has 0 fully saturated rings. The summed E-state index contributed by atoms with van der Waals surface area (Å²) < 4.78 is 0. The van der Waals surface area contributed by atoms with Gasteiger partial charge in [-0.05, 0) is 19.9 Å². The van der Waals surface area contributed by atoms with Crippen LogP contribution in [0.3, 0.4) is 0 Å². The quantitative estimate of drug-likeness (QED) is 0.608. The van der Waals surface area contributed by atoms with Crippen molar-refractivity contribution in [3.63, 3.8) is 0 Å². The Labute approximate surface area is 122 Å². The van der Waals surface area contributed by atoms with E-state index >= 15 is 0 Å². The van der Waals surface area contributed by atoms with E-state index in [9.17, 15) is 0 Å². The molecule has 3 nitrogen and oxygen atoms in total. The van der Waals surface area contributed by atoms with Gasteiger partial charge >= 0.3 is 0 Å². The van der Waals surface area contributed by atoms with Crippen LogP contribution in [0.2, 0.25) is 0 Å². The zero-order valence-corrected chi connectivity index (χ0v) is 13.6. The SMILES string of the molecule is CCCCCCCCCc1nnc(C(CC)NC)s1. The average Bonchev–Trinajstić information content (AvgIpc) is 2.88. The molecule has 0 aliphatic heterocycles. The van der Waals surface area contributed by atoms with Crippen LogP contribution >= 0.6 is 11.3 Å². The third-order valence-electron chi connectivity index (χ3n) is 3.53. The average molecular weight is 283 g/mol. The third-order valence-corrected chi connectivity index (χ3v) is 4.63. The summed E-state index contributed by atoms with van der Waals surface area (Å²) in [5.41, 5.74) is 0. The number of hydrogen-bond donors (Lipinski definition) is 1. The molecule has 1 rings (SSSR count). The molecule has 110 valence electrons. The fourth-order valence-corrected chi connectivity index (χ4v) is 3.32. The lowest BCUT2D eigenvalue weighted by Gasteiger charge is -2.07. The van der Waals surface area contributed by atoms with Crippen LogP contribution in [0.25, 0.3) is 0 Å². The van der Waals surface area contributed by atoms with Crippen LogP contribution in [-0.2, 0) is 6.42 Å². The molecule has 0 aliphatic carbocycles. The van der Waals surface area contributed by atoms with Crippen molar-refractivity contribution < 1.29 is 0 Å². The van der Waals surface area contributed by atoms with E-state index in [1.54, 1.807) is 11.3 Å². The maximum absolute atomic E-state index is 4.31. The zero-order chi connectivity index (χ0) is 13.9. The fraction of sp³-hybridized carbons (Fsp3) is 0.867. The summed E-state index contributed by atoms with van der Waals surface area (Å²) in [6.07, 6.45) is 11.7. The summed E-state index contributed by atoms with van der Waals surface area (Å²) in [5.74, 6) is 0. The van der Waals surface area contributed by atoms with Crippen LogP contribution in [-0.4, -0.2) is 17.2 Å². The molecular weight excluding hydrogens is 254 g/mol. The van der Waals surface area contributed by atoms with E-state index in [2.05, 4.69) is 29.4 Å². The summed E-state index contributed by atoms with van der Waals surface area (Å²) in [6, 6.07) is 0.375. The molecule has 0 spiro atoms. The van der Waals surface area contributed by atoms with Crippen LogP contribution < -0.4 is 5.32 Å². The minimum Gasteiger partial charge on any atom is -0.311 e. The van der Waals surface area contributed by atoms with Crippen molar-refractivity contribution in [1.29, 1.82) is 0 Å². The van der Waals surface area contributed by atoms with Crippen LogP contribution in [0.4, 0.5) is 0 Å². The van der Waals surface area contributed by atoms with Crippen molar-refractivity contribution in [1.82, 2.24) is 15.5 Å². The van der Waals surface area contributed by atoms with E-state index in [0.29, 0.717) is 6.04 Å². The number of rotatable bonds is 11. The van der Waals surface area contributed by atoms with Gasteiger partial charge in [0.2, 0.25) is 0 Å². The molecule has 19 heavy (non-hydrogen) atoms. The summed E-state index contributed by atoms with van der Waals surface area (Å²) in [6.45, 7) is 4.44. The highest BCUT2D eigenvalue weighted by Gasteiger charge is 2.12. The summed E-state index contributed by atoms with van der Waals surface area (Å²) in [5, 5.41) is 14.2. The lowest BCUT2D eigenvalue weighted by molar-refractivity contribution is 0.567. The van der Waals surface area contributed by atoms with Gasteiger partial charge in [0.05, 0.1) is 6.04 Å². The monoisotopic (exact) mass is 283 g/mol. The van der Waals surface area contributed by atoms with Gasteiger partial charge in [0.25, 0.3) is 0 Å². The minimum atomic E-state index is 0.375. The van der Waals surface area contributed by atoms with E-state index in [0.717, 1.165) is 17.8 Å². The minimum absolute atomic E-state index is 0.375. The topological polar surface area (TPSA) is 37.8 Å². The van der Waals surface area contributed by atoms with Gasteiger partial charge in [0.1, 0.15) is 10.0 Å². The van der Waals surface area contributed by atoms with Gasteiger partial charge in [0, 0.05) is 6.42 Å². The second-order valence-electron chi connectivity index (χ2n) is 5.15. The second kappa shape index (κ2) is 10.3. The van der Waals surface area contributed by atoms with Crippen molar-refractivity contribution in [2.45, 2.75) is 77.7 Å². The van der Waals surface area contributed by atoms with Crippen molar-refractivity contribution >= 4 is 11.3 Å². The van der Waals surface area contributed by atoms with Gasteiger partial charge < -0.3 is 5.32 Å². The predicted molar refractivity (Wildman–Crippen MR) is 83.7 cm³/mol. The Bertz CT molecular complexity index is 321. The predicted octanol–water partition coefficient (Wildman–Crippen LogP) is 4.50. The van der Waals surface area contributed by atoms with Gasteiger partial charge in [0.15, 0.2) is 0 Å². The first-order valence-electron chi connectivity index (χ1n) is 7.81. The highest BCUT2D eigenvalue weighted by Crippen LogP contribution is 2.21. The lowest BCUT2D eigenvalue weighted by Crippen LogP contribution is -2.14. The number of nitrogens with one attached hydrogen (secondary N) is 1. The Morgan fingerprint density at radius 2 is 1.68 bits per heavy atom. The van der Waals surface area contributed by atoms with Gasteiger partial charge in [-0.25, -0.2) is 0 Å². The van der Waals surface area contributed by atoms with E-state index in [-0.39, 0.29) is 0 Å². The Morgan fingerprint density at radius 3 is 2.32 bits per heavy atom. The molecule has 4 heteroatoms. The highest BCUT2D eigenvalue weighted by atomic mass is 32.1. The van der Waals surface area contributed by atoms with Gasteiger partial charge in [-0.15, -0.1) is 10.2 Å². The standard InChI is InChI=1S/C15H29N3S/c1-4-6-7-8-9-10-11-12-14-17-18-15(19-14)13(5-2)16-3/h13,16H,4-12H2,1-3H3. The summed E-state index contributed by atoms with van der Waals surface area (Å²) in [4.78, 5) is 0. The van der Waals surface area contributed by atoms with Crippen molar-refractivity contribution in [2.24, 2.45) is 0 Å². The van der Waals surface area contributed by atoms with Gasteiger partial charge in [-0.3, -0.25) is 0 Å². The molecular formula is C15H29N3S. The molecule has 1 N–H and O–H groups in total. The van der Waals surface area contributed by atoms with Crippen molar-refractivity contribution in [3.05, 3.63) is 10.0 Å². The molecule has 1 heterocycles. The normalized spacial score (nSPS) is 12.8. The van der Waals surface area contributed by atoms with E-state index in [4.69, 9.17) is 0 Å². The molecule has 0 saturated heterocycles. The highest BCUT2D eigenvalue weighted by molar-refractivity contribution is 7.11. The molecule has 0 amide bonds. The van der Waals surface area contributed by atoms with Gasteiger partial charge in [-0.2, -0.15) is 0 Å². The molecule has 0 bridgehead atoms. The number of nitrogens with zero attached hydrogens (tertiary/aromatic N) is 2. The molecule has 1 aromatic rings. The first-order chi connectivity index (χ1) is 9.31. The van der Waals surface area contributed by atoms with E-state index in [1.165, 1.54) is 50.0 Å². The van der Waals surface area contributed by atoms with Crippen LogP contribution in [0, 0.1) is 0 Å². The zero-order valence-electron chi connectivity index (χ0n) is 12.7. The Hall–Kier alpha value is -0.480. The molecule has 0 aromatic carbocycles. The molecule has 1 aromatic heterocycles. The smallest absolute Gasteiger partial charge is 0.134 e. The van der Waals surface area contributed by atoms with Crippen LogP contribution in [0.1, 0.15) is 81.3 Å². The molecule has 0 radical (unpaired) electrons. The Balaban J connectivity index is 2.16. The summed E-state index contributed by atoms with van der Waals surface area (Å²) in [7, 11) is 1.99. The molecule has 0 saturated carbocycles. The van der Waals surface area contributed by atoms with Crippen LogP contribution in [0.15, 0.2) is 0 Å². The number of aryl methyl sites for hydroxylation is 1. The summed E-state index contributed by atoms with van der Waals surface area (Å²) >= 11 is 1.78. The number of aromatic nitrogens is 2. The van der Waals surface area contributed by atoms with Crippen molar-refractivity contribution in [2.75, 3.05) is 7.05 Å². The molecule has 1 atom stereocenters. The lowest BCUT2D eigenvalue weighted by atomic mass is 10.1. The largest absolute Gasteiger partial charge is 0.311 e.